The number of unbranched alkanes of at least 4 members (excludes halogenated alkanes) is 1. The molecule has 0 saturated heterocycles. The lowest BCUT2D eigenvalue weighted by Crippen LogP contribution is -2.18. The van der Waals surface area contributed by atoms with Crippen LogP contribution in [0.1, 0.15) is 12.8 Å². The van der Waals surface area contributed by atoms with Gasteiger partial charge in [0.05, 0.1) is 6.20 Å². The highest BCUT2D eigenvalue weighted by Gasteiger charge is 1.93. The average Bonchev–Trinajstić information content (AvgIpc) is 2.20. The van der Waals surface area contributed by atoms with Gasteiger partial charge in [-0.2, -0.15) is 0 Å². The van der Waals surface area contributed by atoms with Crippen LogP contribution in [0.4, 0.5) is 0 Å². The van der Waals surface area contributed by atoms with Crippen molar-refractivity contribution in [1.29, 1.82) is 0 Å². The standard InChI is InChI=1S/C8H11N5O/c9-12-11-3-1-2-5-13-6-4-10-7-8(13)14/h4,6-7H,1-3,5H2. The second-order valence-corrected chi connectivity index (χ2v) is 2.77. The SMILES string of the molecule is [N-]=[N+]=NCCCCn1ccncc1=O. The third-order valence-corrected chi connectivity index (χ3v) is 1.77. The van der Waals surface area contributed by atoms with Gasteiger partial charge in [-0.1, -0.05) is 5.11 Å². The molecule has 0 aliphatic heterocycles. The second-order valence-electron chi connectivity index (χ2n) is 2.77. The largest absolute Gasteiger partial charge is 0.313 e. The summed E-state index contributed by atoms with van der Waals surface area (Å²) in [5, 5.41) is 3.41. The fourth-order valence-electron chi connectivity index (χ4n) is 1.07. The molecule has 1 rings (SSSR count). The van der Waals surface area contributed by atoms with Crippen LogP contribution in [-0.4, -0.2) is 16.1 Å². The zero-order valence-electron chi connectivity index (χ0n) is 7.70. The lowest BCUT2D eigenvalue weighted by atomic mass is 10.3. The Balaban J connectivity index is 2.35. The van der Waals surface area contributed by atoms with Crippen LogP contribution >= 0.6 is 0 Å². The van der Waals surface area contributed by atoms with Crippen LogP contribution in [0.5, 0.6) is 0 Å². The summed E-state index contributed by atoms with van der Waals surface area (Å²) in [4.78, 5) is 17.5. The van der Waals surface area contributed by atoms with Gasteiger partial charge in [0.2, 0.25) is 0 Å². The van der Waals surface area contributed by atoms with Gasteiger partial charge in [0, 0.05) is 30.4 Å². The number of hydrogen-bond acceptors (Lipinski definition) is 3. The topological polar surface area (TPSA) is 83.7 Å². The Kier molecular flexibility index (Phi) is 4.23. The van der Waals surface area contributed by atoms with E-state index in [4.69, 9.17) is 5.53 Å². The summed E-state index contributed by atoms with van der Waals surface area (Å²) in [6.45, 7) is 1.12. The van der Waals surface area contributed by atoms with Gasteiger partial charge in [0.1, 0.15) is 0 Å². The minimum atomic E-state index is -0.101. The van der Waals surface area contributed by atoms with Crippen molar-refractivity contribution in [2.24, 2.45) is 5.11 Å². The zero-order chi connectivity index (χ0) is 10.2. The van der Waals surface area contributed by atoms with Crippen LogP contribution in [0, 0.1) is 0 Å². The molecule has 0 aromatic carbocycles. The van der Waals surface area contributed by atoms with Gasteiger partial charge in [-0.3, -0.25) is 9.78 Å². The predicted octanol–water partition coefficient (Wildman–Crippen LogP) is 1.33. The van der Waals surface area contributed by atoms with Crippen molar-refractivity contribution in [3.05, 3.63) is 39.4 Å². The molecule has 0 aliphatic rings. The van der Waals surface area contributed by atoms with Crippen LogP contribution < -0.4 is 5.56 Å². The summed E-state index contributed by atoms with van der Waals surface area (Å²) in [7, 11) is 0. The number of rotatable bonds is 5. The fraction of sp³-hybridized carbons (Fsp3) is 0.500. The summed E-state index contributed by atoms with van der Waals surface area (Å²) in [6, 6.07) is 0. The van der Waals surface area contributed by atoms with Crippen molar-refractivity contribution in [1.82, 2.24) is 9.55 Å². The Morgan fingerprint density at radius 1 is 1.57 bits per heavy atom. The molecule has 0 unspecified atom stereocenters. The maximum atomic E-state index is 11.2. The van der Waals surface area contributed by atoms with Crippen LogP contribution in [0.3, 0.4) is 0 Å². The minimum Gasteiger partial charge on any atom is -0.313 e. The van der Waals surface area contributed by atoms with Crippen molar-refractivity contribution in [2.75, 3.05) is 6.54 Å². The van der Waals surface area contributed by atoms with E-state index in [0.29, 0.717) is 13.1 Å². The van der Waals surface area contributed by atoms with E-state index in [1.807, 2.05) is 0 Å². The molecule has 14 heavy (non-hydrogen) atoms. The zero-order valence-corrected chi connectivity index (χ0v) is 7.70. The summed E-state index contributed by atoms with van der Waals surface area (Å²) in [5.74, 6) is 0. The third-order valence-electron chi connectivity index (χ3n) is 1.77. The van der Waals surface area contributed by atoms with Gasteiger partial charge in [-0.25, -0.2) is 0 Å². The molecule has 0 amide bonds. The molecule has 74 valence electrons. The molecular weight excluding hydrogens is 182 g/mol. The highest BCUT2D eigenvalue weighted by atomic mass is 16.1. The Hall–Kier alpha value is -1.81. The molecule has 0 bridgehead atoms. The lowest BCUT2D eigenvalue weighted by molar-refractivity contribution is 0.594. The van der Waals surface area contributed by atoms with Crippen molar-refractivity contribution in [2.45, 2.75) is 19.4 Å². The first-order chi connectivity index (χ1) is 6.84. The Bertz CT molecular complexity index is 379. The molecule has 6 nitrogen and oxygen atoms in total. The molecule has 0 fully saturated rings. The lowest BCUT2D eigenvalue weighted by Gasteiger charge is -2.02. The molecule has 0 N–H and O–H groups in total. The number of hydrogen-bond donors (Lipinski definition) is 0. The first-order valence-corrected chi connectivity index (χ1v) is 4.36. The van der Waals surface area contributed by atoms with Gasteiger partial charge in [-0.05, 0) is 18.4 Å². The van der Waals surface area contributed by atoms with E-state index in [1.54, 1.807) is 17.0 Å². The van der Waals surface area contributed by atoms with E-state index in [1.165, 1.54) is 6.20 Å². The quantitative estimate of drug-likeness (QED) is 0.306. The van der Waals surface area contributed by atoms with E-state index < -0.39 is 0 Å². The molecule has 1 heterocycles. The molecule has 1 aromatic heterocycles. The highest BCUT2D eigenvalue weighted by molar-refractivity contribution is 4.79. The molecule has 0 saturated carbocycles. The summed E-state index contributed by atoms with van der Waals surface area (Å²) in [6.07, 6.45) is 6.12. The van der Waals surface area contributed by atoms with E-state index in [0.717, 1.165) is 12.8 Å². The molecule has 6 heteroatoms. The Morgan fingerprint density at radius 3 is 3.14 bits per heavy atom. The first-order valence-electron chi connectivity index (χ1n) is 4.36. The summed E-state index contributed by atoms with van der Waals surface area (Å²) < 4.78 is 1.59. The van der Waals surface area contributed by atoms with Gasteiger partial charge in [-0.15, -0.1) is 0 Å². The monoisotopic (exact) mass is 193 g/mol. The number of azide groups is 1. The highest BCUT2D eigenvalue weighted by Crippen LogP contribution is 1.92. The van der Waals surface area contributed by atoms with E-state index >= 15 is 0 Å². The van der Waals surface area contributed by atoms with Crippen LogP contribution in [0.15, 0.2) is 28.5 Å². The molecular formula is C8H11N5O. The molecule has 0 aliphatic carbocycles. The second kappa shape index (κ2) is 5.77. The molecule has 0 atom stereocenters. The normalized spacial score (nSPS) is 9.43. The van der Waals surface area contributed by atoms with Gasteiger partial charge in [0.15, 0.2) is 0 Å². The van der Waals surface area contributed by atoms with Crippen LogP contribution in [-0.2, 0) is 6.54 Å². The van der Waals surface area contributed by atoms with E-state index in [2.05, 4.69) is 15.0 Å². The van der Waals surface area contributed by atoms with Crippen molar-refractivity contribution >= 4 is 0 Å². The summed E-state index contributed by atoms with van der Waals surface area (Å²) >= 11 is 0. The van der Waals surface area contributed by atoms with Crippen molar-refractivity contribution < 1.29 is 0 Å². The van der Waals surface area contributed by atoms with Gasteiger partial charge >= 0.3 is 0 Å². The van der Waals surface area contributed by atoms with Gasteiger partial charge in [0.25, 0.3) is 5.56 Å². The maximum absolute atomic E-state index is 11.2. The third kappa shape index (κ3) is 3.28. The van der Waals surface area contributed by atoms with E-state index in [-0.39, 0.29) is 5.56 Å². The Labute approximate surface area is 80.8 Å². The van der Waals surface area contributed by atoms with Gasteiger partial charge < -0.3 is 4.57 Å². The smallest absolute Gasteiger partial charge is 0.268 e. The number of aromatic nitrogens is 2. The minimum absolute atomic E-state index is 0.101. The molecule has 0 spiro atoms. The molecule has 1 aromatic rings. The number of aryl methyl sites for hydroxylation is 1. The first kappa shape index (κ1) is 10.3. The average molecular weight is 193 g/mol. The maximum Gasteiger partial charge on any atom is 0.268 e. The summed E-state index contributed by atoms with van der Waals surface area (Å²) in [5.41, 5.74) is 7.92. The van der Waals surface area contributed by atoms with E-state index in [9.17, 15) is 4.79 Å². The number of nitrogens with zero attached hydrogens (tertiary/aromatic N) is 5. The van der Waals surface area contributed by atoms with Crippen LogP contribution in [0.25, 0.3) is 10.4 Å². The van der Waals surface area contributed by atoms with Crippen LogP contribution in [0.2, 0.25) is 0 Å². The Morgan fingerprint density at radius 2 is 2.43 bits per heavy atom. The van der Waals surface area contributed by atoms with Crippen molar-refractivity contribution in [3.8, 4) is 0 Å². The molecule has 0 radical (unpaired) electrons. The predicted molar refractivity (Wildman–Crippen MR) is 51.7 cm³/mol. The fourth-order valence-corrected chi connectivity index (χ4v) is 1.07. The van der Waals surface area contributed by atoms with Crippen molar-refractivity contribution in [3.63, 3.8) is 0 Å².